The Labute approximate surface area is 76.2 Å². The van der Waals surface area contributed by atoms with Crippen molar-refractivity contribution >= 4 is 11.6 Å². The molecule has 0 atom stereocenters. The summed E-state index contributed by atoms with van der Waals surface area (Å²) < 4.78 is 0.750. The summed E-state index contributed by atoms with van der Waals surface area (Å²) in [6.07, 6.45) is 0. The molecule has 0 N–H and O–H groups in total. The topological polar surface area (TPSA) is 122 Å². The standard InChI is InChI=1S/C5H4N6O3/c1-2-6-5-8-7-3(11(13)14)4(12)10(5)9-2/h12H,1H3/p-1. The van der Waals surface area contributed by atoms with Gasteiger partial charge in [-0.15, -0.1) is 0 Å². The Kier molecular flexibility index (Phi) is 1.53. The molecule has 72 valence electrons. The molecule has 14 heavy (non-hydrogen) atoms. The first-order chi connectivity index (χ1) is 6.59. The number of fused-ring (bicyclic) bond motifs is 1. The maximum Gasteiger partial charge on any atom is 0.401 e. The van der Waals surface area contributed by atoms with Gasteiger partial charge in [0.2, 0.25) is 0 Å². The highest BCUT2D eigenvalue weighted by Crippen LogP contribution is 2.17. The van der Waals surface area contributed by atoms with Crippen molar-refractivity contribution in [3.63, 3.8) is 0 Å². The van der Waals surface area contributed by atoms with E-state index in [2.05, 4.69) is 20.3 Å². The van der Waals surface area contributed by atoms with Crippen LogP contribution in [0.1, 0.15) is 5.82 Å². The van der Waals surface area contributed by atoms with Crippen molar-refractivity contribution in [1.29, 1.82) is 0 Å². The first-order valence-corrected chi connectivity index (χ1v) is 3.51. The highest BCUT2D eigenvalue weighted by atomic mass is 16.6. The second kappa shape index (κ2) is 2.58. The summed E-state index contributed by atoms with van der Waals surface area (Å²) in [6.45, 7) is 1.54. The lowest BCUT2D eigenvalue weighted by molar-refractivity contribution is -0.405. The Hall–Kier alpha value is -2.32. The zero-order chi connectivity index (χ0) is 10.3. The fraction of sp³-hybridized carbons (Fsp3) is 0.200. The zero-order valence-electron chi connectivity index (χ0n) is 6.91. The number of nitro groups is 1. The van der Waals surface area contributed by atoms with Gasteiger partial charge >= 0.3 is 5.82 Å². The molecule has 2 aromatic rings. The molecule has 0 aromatic carbocycles. The second-order valence-electron chi connectivity index (χ2n) is 2.46. The molecule has 0 aliphatic heterocycles. The van der Waals surface area contributed by atoms with Crippen molar-refractivity contribution in [2.24, 2.45) is 0 Å². The van der Waals surface area contributed by atoms with Crippen LogP contribution in [0, 0.1) is 17.0 Å². The monoisotopic (exact) mass is 195 g/mol. The van der Waals surface area contributed by atoms with Gasteiger partial charge in [-0.05, 0) is 11.8 Å². The highest BCUT2D eigenvalue weighted by molar-refractivity contribution is 5.37. The van der Waals surface area contributed by atoms with Crippen LogP contribution in [0.15, 0.2) is 0 Å². The Morgan fingerprint density at radius 3 is 2.79 bits per heavy atom. The molecule has 0 aliphatic rings. The number of hydrogen-bond donors (Lipinski definition) is 0. The van der Waals surface area contributed by atoms with Crippen LogP contribution >= 0.6 is 0 Å². The van der Waals surface area contributed by atoms with Gasteiger partial charge in [0.1, 0.15) is 5.82 Å². The molecule has 9 nitrogen and oxygen atoms in total. The smallest absolute Gasteiger partial charge is 0.401 e. The molecule has 0 saturated carbocycles. The summed E-state index contributed by atoms with van der Waals surface area (Å²) in [5.74, 6) is -1.53. The van der Waals surface area contributed by atoms with Crippen molar-refractivity contribution in [2.45, 2.75) is 6.92 Å². The first-order valence-electron chi connectivity index (χ1n) is 3.51. The van der Waals surface area contributed by atoms with E-state index in [1.807, 2.05) is 0 Å². The van der Waals surface area contributed by atoms with Crippen LogP contribution in [0.4, 0.5) is 5.82 Å². The third kappa shape index (κ3) is 1.02. The van der Waals surface area contributed by atoms with Crippen molar-refractivity contribution in [1.82, 2.24) is 24.8 Å². The predicted molar refractivity (Wildman–Crippen MR) is 39.4 cm³/mol. The number of rotatable bonds is 1. The average Bonchev–Trinajstić information content (AvgIpc) is 2.46. The predicted octanol–water partition coefficient (Wildman–Crippen LogP) is -1.19. The summed E-state index contributed by atoms with van der Waals surface area (Å²) in [6, 6.07) is 0. The lowest BCUT2D eigenvalue weighted by Gasteiger charge is -2.04. The summed E-state index contributed by atoms with van der Waals surface area (Å²) >= 11 is 0. The van der Waals surface area contributed by atoms with E-state index < -0.39 is 16.6 Å². The van der Waals surface area contributed by atoms with Gasteiger partial charge in [-0.3, -0.25) is 0 Å². The number of aryl methyl sites for hydroxylation is 1. The molecular weight excluding hydrogens is 192 g/mol. The molecule has 2 aromatic heterocycles. The maximum atomic E-state index is 11.3. The van der Waals surface area contributed by atoms with Crippen LogP contribution in [-0.4, -0.2) is 29.7 Å². The Balaban J connectivity index is 2.80. The van der Waals surface area contributed by atoms with Gasteiger partial charge in [0.25, 0.3) is 5.78 Å². The largest absolute Gasteiger partial charge is 0.853 e. The summed E-state index contributed by atoms with van der Waals surface area (Å²) in [4.78, 5) is 13.1. The van der Waals surface area contributed by atoms with Gasteiger partial charge in [0, 0.05) is 5.10 Å². The van der Waals surface area contributed by atoms with E-state index in [0.717, 1.165) is 4.52 Å². The van der Waals surface area contributed by atoms with E-state index in [1.54, 1.807) is 6.92 Å². The molecule has 0 radical (unpaired) electrons. The van der Waals surface area contributed by atoms with Gasteiger partial charge in [0.05, 0.1) is 11.0 Å². The normalized spacial score (nSPS) is 10.6. The van der Waals surface area contributed by atoms with E-state index in [9.17, 15) is 15.2 Å². The fourth-order valence-electron chi connectivity index (χ4n) is 0.949. The number of aromatic nitrogens is 5. The van der Waals surface area contributed by atoms with E-state index >= 15 is 0 Å². The van der Waals surface area contributed by atoms with Gasteiger partial charge in [0.15, 0.2) is 0 Å². The van der Waals surface area contributed by atoms with Crippen molar-refractivity contribution < 1.29 is 10.0 Å². The molecule has 0 unspecified atom stereocenters. The summed E-state index contributed by atoms with van der Waals surface area (Å²) in [7, 11) is 0. The fourth-order valence-corrected chi connectivity index (χ4v) is 0.949. The highest BCUT2D eigenvalue weighted by Gasteiger charge is 2.15. The summed E-state index contributed by atoms with van der Waals surface area (Å²) in [5, 5.41) is 31.8. The minimum absolute atomic E-state index is 0.0434. The number of nitrogens with zero attached hydrogens (tertiary/aromatic N) is 6. The molecule has 0 bridgehead atoms. The van der Waals surface area contributed by atoms with Crippen LogP contribution in [0.25, 0.3) is 5.78 Å². The third-order valence-electron chi connectivity index (χ3n) is 1.49. The van der Waals surface area contributed by atoms with Gasteiger partial charge < -0.3 is 15.2 Å². The summed E-state index contributed by atoms with van der Waals surface area (Å²) in [5.41, 5.74) is 0. The molecule has 0 amide bonds. The van der Waals surface area contributed by atoms with Crippen LogP contribution < -0.4 is 5.11 Å². The molecule has 0 aliphatic carbocycles. The van der Waals surface area contributed by atoms with Crippen LogP contribution in [0.3, 0.4) is 0 Å². The Morgan fingerprint density at radius 2 is 2.14 bits per heavy atom. The Morgan fingerprint density at radius 1 is 1.43 bits per heavy atom. The molecule has 9 heteroatoms. The third-order valence-corrected chi connectivity index (χ3v) is 1.49. The lowest BCUT2D eigenvalue weighted by Crippen LogP contribution is -2.09. The van der Waals surface area contributed by atoms with Crippen molar-refractivity contribution in [3.8, 4) is 5.88 Å². The molecule has 0 saturated heterocycles. The van der Waals surface area contributed by atoms with Gasteiger partial charge in [-0.2, -0.15) is 10.1 Å². The van der Waals surface area contributed by atoms with Crippen molar-refractivity contribution in [3.05, 3.63) is 15.9 Å². The van der Waals surface area contributed by atoms with Gasteiger partial charge in [-0.25, -0.2) is 4.52 Å². The molecule has 2 heterocycles. The van der Waals surface area contributed by atoms with Gasteiger partial charge in [-0.1, -0.05) is 0 Å². The number of hydrogen-bond acceptors (Lipinski definition) is 7. The van der Waals surface area contributed by atoms with Crippen LogP contribution in [0.2, 0.25) is 0 Å². The van der Waals surface area contributed by atoms with Crippen LogP contribution in [0.5, 0.6) is 5.88 Å². The second-order valence-corrected chi connectivity index (χ2v) is 2.46. The van der Waals surface area contributed by atoms with Crippen LogP contribution in [-0.2, 0) is 0 Å². The van der Waals surface area contributed by atoms with E-state index in [-0.39, 0.29) is 5.78 Å². The van der Waals surface area contributed by atoms with E-state index in [4.69, 9.17) is 0 Å². The molecule has 0 fully saturated rings. The van der Waals surface area contributed by atoms with E-state index in [1.165, 1.54) is 0 Å². The average molecular weight is 195 g/mol. The Bertz CT molecular complexity index is 519. The molecule has 2 rings (SSSR count). The quantitative estimate of drug-likeness (QED) is 0.414. The minimum atomic E-state index is -0.930. The molecular formula is C5H3N6O3-. The zero-order valence-corrected chi connectivity index (χ0v) is 6.91. The molecule has 0 spiro atoms. The van der Waals surface area contributed by atoms with Crippen molar-refractivity contribution in [2.75, 3.05) is 0 Å². The minimum Gasteiger partial charge on any atom is -0.853 e. The maximum absolute atomic E-state index is 11.3. The SMILES string of the molecule is Cc1nc2nnc([N+](=O)[O-])c([O-])n2n1. The first kappa shape index (κ1) is 8.29. The lowest BCUT2D eigenvalue weighted by atomic mass is 10.7. The van der Waals surface area contributed by atoms with E-state index in [0.29, 0.717) is 5.82 Å².